The van der Waals surface area contributed by atoms with Crippen LogP contribution in [0.3, 0.4) is 0 Å². The highest BCUT2D eigenvalue weighted by molar-refractivity contribution is 8.27. The monoisotopic (exact) mass is 298 g/mol. The van der Waals surface area contributed by atoms with E-state index in [0.29, 0.717) is 13.1 Å². The molecule has 8 heteroatoms. The van der Waals surface area contributed by atoms with Crippen LogP contribution >= 0.6 is 0 Å². The Morgan fingerprint density at radius 2 is 1.82 bits per heavy atom. The van der Waals surface area contributed by atoms with Crippen LogP contribution in [0.4, 0.5) is 0 Å². The van der Waals surface area contributed by atoms with E-state index in [9.17, 15) is 13.2 Å². The molecular formula is C9H18N2O3S3. The first kappa shape index (κ1) is 15.0. The molecule has 1 aliphatic heterocycles. The number of piperazine rings is 1. The molecule has 1 unspecified atom stereocenters. The third kappa shape index (κ3) is 5.41. The molecule has 1 aliphatic rings. The van der Waals surface area contributed by atoms with Gasteiger partial charge in [-0.2, -0.15) is 0 Å². The molecule has 0 aliphatic carbocycles. The second-order valence-electron chi connectivity index (χ2n) is 4.11. The number of amides is 1. The van der Waals surface area contributed by atoms with Crippen molar-refractivity contribution in [3.05, 3.63) is 0 Å². The van der Waals surface area contributed by atoms with Gasteiger partial charge in [0, 0.05) is 45.1 Å². The van der Waals surface area contributed by atoms with Crippen molar-refractivity contribution in [2.24, 2.45) is 0 Å². The van der Waals surface area contributed by atoms with Gasteiger partial charge in [0.05, 0.1) is 5.75 Å². The summed E-state index contributed by atoms with van der Waals surface area (Å²) in [5, 5.41) is 0. The van der Waals surface area contributed by atoms with Gasteiger partial charge in [0.2, 0.25) is 5.91 Å². The number of nitrogens with zero attached hydrogens (tertiary/aromatic N) is 2. The quantitative estimate of drug-likeness (QED) is 0.679. The lowest BCUT2D eigenvalue weighted by molar-refractivity contribution is -0.131. The second kappa shape index (κ2) is 6.21. The van der Waals surface area contributed by atoms with Crippen molar-refractivity contribution >= 4 is 36.6 Å². The fourth-order valence-corrected chi connectivity index (χ4v) is 3.30. The predicted octanol–water partition coefficient (Wildman–Crippen LogP) is -0.810. The van der Waals surface area contributed by atoms with E-state index in [1.807, 2.05) is 6.26 Å². The first-order chi connectivity index (χ1) is 7.79. The lowest BCUT2D eigenvalue weighted by atomic mass is 10.3. The third-order valence-electron chi connectivity index (χ3n) is 2.64. The van der Waals surface area contributed by atoms with Gasteiger partial charge in [0.15, 0.2) is 0 Å². The van der Waals surface area contributed by atoms with Crippen molar-refractivity contribution in [1.82, 2.24) is 9.21 Å². The molecule has 0 radical (unpaired) electrons. The average Bonchev–Trinajstić information content (AvgIpc) is 2.25. The van der Waals surface area contributed by atoms with Crippen LogP contribution in [0.2, 0.25) is 0 Å². The molecule has 0 N–H and O–H groups in total. The first-order valence-corrected chi connectivity index (χ1v) is 9.91. The summed E-state index contributed by atoms with van der Waals surface area (Å²) in [4.78, 5) is 13.5. The molecule has 0 bridgehead atoms. The van der Waals surface area contributed by atoms with Gasteiger partial charge in [0.25, 0.3) is 0 Å². The number of sulfone groups is 1. The van der Waals surface area contributed by atoms with Crippen LogP contribution in [0.25, 0.3) is 0 Å². The van der Waals surface area contributed by atoms with Gasteiger partial charge >= 0.3 is 0 Å². The topological polar surface area (TPSA) is 57.7 Å². The third-order valence-corrected chi connectivity index (χ3v) is 5.31. The highest BCUT2D eigenvalue weighted by Gasteiger charge is 2.22. The fourth-order valence-electron chi connectivity index (χ4n) is 1.63. The molecule has 1 fully saturated rings. The molecule has 1 saturated heterocycles. The summed E-state index contributed by atoms with van der Waals surface area (Å²) in [7, 11) is -3.22. The fraction of sp³-hybridized carbons (Fsp3) is 0.889. The van der Waals surface area contributed by atoms with Crippen molar-refractivity contribution < 1.29 is 13.2 Å². The summed E-state index contributed by atoms with van der Waals surface area (Å²) in [6.07, 6.45) is 3.22. The Labute approximate surface area is 110 Å². The molecule has 1 amide bonds. The van der Waals surface area contributed by atoms with Gasteiger partial charge in [0.1, 0.15) is 9.84 Å². The zero-order valence-corrected chi connectivity index (χ0v) is 12.5. The highest BCUT2D eigenvalue weighted by Crippen LogP contribution is 2.06. The van der Waals surface area contributed by atoms with Crippen LogP contribution in [0.1, 0.15) is 6.42 Å². The molecular weight excluding hydrogens is 280 g/mol. The summed E-state index contributed by atoms with van der Waals surface area (Å²) in [6.45, 7) is 2.87. The molecule has 0 saturated carbocycles. The van der Waals surface area contributed by atoms with Crippen LogP contribution in [-0.4, -0.2) is 68.0 Å². The Hall–Kier alpha value is -0.0500. The van der Waals surface area contributed by atoms with Crippen LogP contribution in [0, 0.1) is 0 Å². The predicted molar refractivity (Wildman–Crippen MR) is 73.1 cm³/mol. The maximum atomic E-state index is 11.7. The minimum atomic E-state index is -3.06. The SMILES string of the molecule is CS(=S)N1CCN(C(=O)CCS(C)(=O)=O)CC1. The summed E-state index contributed by atoms with van der Waals surface area (Å²) in [5.41, 5.74) is 0. The van der Waals surface area contributed by atoms with Crippen molar-refractivity contribution in [2.45, 2.75) is 6.42 Å². The largest absolute Gasteiger partial charge is 0.340 e. The Kier molecular flexibility index (Phi) is 5.49. The van der Waals surface area contributed by atoms with Crippen molar-refractivity contribution in [3.63, 3.8) is 0 Å². The smallest absolute Gasteiger partial charge is 0.223 e. The van der Waals surface area contributed by atoms with E-state index in [-0.39, 0.29) is 27.7 Å². The molecule has 1 heterocycles. The summed E-state index contributed by atoms with van der Waals surface area (Å²) < 4.78 is 24.1. The molecule has 0 aromatic rings. The Morgan fingerprint density at radius 1 is 1.29 bits per heavy atom. The maximum Gasteiger partial charge on any atom is 0.223 e. The van der Waals surface area contributed by atoms with Crippen LogP contribution in [-0.2, 0) is 35.5 Å². The van der Waals surface area contributed by atoms with Gasteiger partial charge in [-0.25, -0.2) is 12.7 Å². The number of rotatable bonds is 4. The van der Waals surface area contributed by atoms with Crippen molar-refractivity contribution in [1.29, 1.82) is 0 Å². The van der Waals surface area contributed by atoms with E-state index in [4.69, 9.17) is 11.2 Å². The molecule has 1 rings (SSSR count). The summed E-state index contributed by atoms with van der Waals surface area (Å²) in [6, 6.07) is 0. The van der Waals surface area contributed by atoms with E-state index >= 15 is 0 Å². The van der Waals surface area contributed by atoms with Crippen LogP contribution < -0.4 is 0 Å². The molecule has 0 aromatic carbocycles. The number of hydrogen-bond donors (Lipinski definition) is 0. The van der Waals surface area contributed by atoms with E-state index < -0.39 is 9.84 Å². The number of hydrogen-bond acceptors (Lipinski definition) is 4. The number of carbonyl (C=O) groups excluding carboxylic acids is 1. The lowest BCUT2D eigenvalue weighted by Gasteiger charge is -2.34. The minimum Gasteiger partial charge on any atom is -0.340 e. The average molecular weight is 298 g/mol. The lowest BCUT2D eigenvalue weighted by Crippen LogP contribution is -2.49. The van der Waals surface area contributed by atoms with E-state index in [0.717, 1.165) is 19.3 Å². The van der Waals surface area contributed by atoms with Crippen molar-refractivity contribution in [2.75, 3.05) is 44.4 Å². The zero-order chi connectivity index (χ0) is 13.1. The molecule has 1 atom stereocenters. The van der Waals surface area contributed by atoms with Gasteiger partial charge in [-0.05, 0) is 11.2 Å². The molecule has 5 nitrogen and oxygen atoms in total. The first-order valence-electron chi connectivity index (χ1n) is 5.33. The molecule has 0 aromatic heterocycles. The maximum absolute atomic E-state index is 11.7. The normalized spacial score (nSPS) is 20.2. The zero-order valence-electron chi connectivity index (χ0n) is 10.1. The van der Waals surface area contributed by atoms with Crippen LogP contribution in [0.15, 0.2) is 0 Å². The summed E-state index contributed by atoms with van der Waals surface area (Å²) >= 11 is 5.17. The Balaban J connectivity index is 2.38. The van der Waals surface area contributed by atoms with E-state index in [1.54, 1.807) is 4.90 Å². The highest BCUT2D eigenvalue weighted by atomic mass is 32.8. The van der Waals surface area contributed by atoms with Gasteiger partial charge in [-0.1, -0.05) is 9.64 Å². The standard InChI is InChI=1S/C9H18N2O3S3/c1-16(15)11-6-4-10(5-7-11)9(12)3-8-17(2,13)14/h3-8H2,1-2H3. The van der Waals surface area contributed by atoms with E-state index in [2.05, 4.69) is 4.31 Å². The number of carbonyl (C=O) groups is 1. The Morgan fingerprint density at radius 3 is 2.24 bits per heavy atom. The Bertz CT molecular complexity index is 400. The molecule has 17 heavy (non-hydrogen) atoms. The van der Waals surface area contributed by atoms with Crippen molar-refractivity contribution in [3.8, 4) is 0 Å². The summed E-state index contributed by atoms with van der Waals surface area (Å²) in [5.74, 6) is -0.138. The van der Waals surface area contributed by atoms with Gasteiger partial charge < -0.3 is 4.90 Å². The van der Waals surface area contributed by atoms with E-state index in [1.165, 1.54) is 0 Å². The second-order valence-corrected chi connectivity index (χ2v) is 9.18. The molecule has 0 spiro atoms. The van der Waals surface area contributed by atoms with Gasteiger partial charge in [-0.15, -0.1) is 0 Å². The van der Waals surface area contributed by atoms with Crippen LogP contribution in [0.5, 0.6) is 0 Å². The molecule has 100 valence electrons. The van der Waals surface area contributed by atoms with Gasteiger partial charge in [-0.3, -0.25) is 4.79 Å². The minimum absolute atomic E-state index is 0.0642.